The zero-order chi connectivity index (χ0) is 14.0. The Hall–Kier alpha value is -1.61. The van der Waals surface area contributed by atoms with Gasteiger partial charge in [0.25, 0.3) is 0 Å². The minimum absolute atomic E-state index is 0.0427. The van der Waals surface area contributed by atoms with Gasteiger partial charge in [-0.15, -0.1) is 0 Å². The summed E-state index contributed by atoms with van der Waals surface area (Å²) < 4.78 is 14.4. The Morgan fingerprint density at radius 2 is 2.00 bits per heavy atom. The third-order valence-electron chi connectivity index (χ3n) is 3.25. The summed E-state index contributed by atoms with van der Waals surface area (Å²) in [6, 6.07) is 5.14. The van der Waals surface area contributed by atoms with Gasteiger partial charge in [-0.1, -0.05) is 0 Å². The van der Waals surface area contributed by atoms with Crippen molar-refractivity contribution in [2.45, 2.75) is 6.92 Å². The van der Waals surface area contributed by atoms with Crippen molar-refractivity contribution in [1.29, 1.82) is 5.26 Å². The first-order valence-corrected chi connectivity index (χ1v) is 6.72. The molecule has 1 aliphatic heterocycles. The molecule has 19 heavy (non-hydrogen) atoms. The number of hydrogen-bond acceptors (Lipinski definition) is 3. The van der Waals surface area contributed by atoms with E-state index in [2.05, 4.69) is 15.9 Å². The van der Waals surface area contributed by atoms with Crippen LogP contribution in [0.2, 0.25) is 0 Å². The van der Waals surface area contributed by atoms with E-state index in [1.165, 1.54) is 6.92 Å². The molecule has 6 heteroatoms. The molecule has 1 aliphatic rings. The summed E-state index contributed by atoms with van der Waals surface area (Å²) >= 11 is 3.10. The van der Waals surface area contributed by atoms with Crippen LogP contribution in [0.4, 0.5) is 10.1 Å². The van der Waals surface area contributed by atoms with Gasteiger partial charge >= 0.3 is 0 Å². The highest BCUT2D eigenvalue weighted by Gasteiger charge is 2.22. The molecule has 1 fully saturated rings. The number of carbonyl (C=O) groups excluding carboxylic acids is 1. The molecule has 0 saturated carbocycles. The number of nitrogens with zero attached hydrogens (tertiary/aromatic N) is 3. The number of piperazine rings is 1. The number of rotatable bonds is 1. The van der Waals surface area contributed by atoms with Gasteiger partial charge < -0.3 is 9.80 Å². The van der Waals surface area contributed by atoms with Crippen LogP contribution in [0.3, 0.4) is 0 Å². The molecule has 0 unspecified atom stereocenters. The molecular formula is C13H13BrFN3O. The summed E-state index contributed by atoms with van der Waals surface area (Å²) in [5.74, 6) is -0.378. The molecular weight excluding hydrogens is 313 g/mol. The van der Waals surface area contributed by atoms with E-state index in [4.69, 9.17) is 5.26 Å². The number of amides is 1. The Kier molecular flexibility index (Phi) is 4.05. The minimum atomic E-state index is -0.421. The molecule has 0 N–H and O–H groups in total. The Balaban J connectivity index is 2.19. The number of carbonyl (C=O) groups is 1. The lowest BCUT2D eigenvalue weighted by Crippen LogP contribution is -2.48. The molecule has 0 atom stereocenters. The summed E-state index contributed by atoms with van der Waals surface area (Å²) in [5.41, 5.74) is 0.748. The van der Waals surface area contributed by atoms with Crippen LogP contribution in [-0.2, 0) is 4.79 Å². The fourth-order valence-corrected chi connectivity index (χ4v) is 2.56. The van der Waals surface area contributed by atoms with Crippen molar-refractivity contribution in [1.82, 2.24) is 4.90 Å². The fraction of sp³-hybridized carbons (Fsp3) is 0.385. The van der Waals surface area contributed by atoms with Crippen LogP contribution in [0, 0.1) is 17.1 Å². The second kappa shape index (κ2) is 5.57. The van der Waals surface area contributed by atoms with Crippen LogP contribution in [0.15, 0.2) is 16.6 Å². The molecule has 1 heterocycles. The number of halogens is 2. The van der Waals surface area contributed by atoms with Crippen molar-refractivity contribution in [3.8, 4) is 6.07 Å². The lowest BCUT2D eigenvalue weighted by molar-refractivity contribution is -0.129. The molecule has 1 amide bonds. The van der Waals surface area contributed by atoms with Crippen LogP contribution in [0.1, 0.15) is 12.5 Å². The van der Waals surface area contributed by atoms with Crippen LogP contribution < -0.4 is 4.90 Å². The highest BCUT2D eigenvalue weighted by Crippen LogP contribution is 2.29. The maximum atomic E-state index is 14.2. The van der Waals surface area contributed by atoms with Crippen molar-refractivity contribution < 1.29 is 9.18 Å². The van der Waals surface area contributed by atoms with Gasteiger partial charge in [0.1, 0.15) is 6.07 Å². The first-order chi connectivity index (χ1) is 9.04. The normalized spacial score (nSPS) is 15.3. The van der Waals surface area contributed by atoms with Gasteiger partial charge in [0.15, 0.2) is 5.82 Å². The SMILES string of the molecule is CC(=O)N1CCN(c2ccc(C#N)c(Br)c2F)CC1. The van der Waals surface area contributed by atoms with Gasteiger partial charge in [0, 0.05) is 33.1 Å². The molecule has 4 nitrogen and oxygen atoms in total. The van der Waals surface area contributed by atoms with E-state index in [1.54, 1.807) is 17.0 Å². The molecule has 100 valence electrons. The standard InChI is InChI=1S/C13H13BrFN3O/c1-9(19)17-4-6-18(7-5-17)11-3-2-10(8-16)12(14)13(11)15/h2-3H,4-7H2,1H3. The number of anilines is 1. The van der Waals surface area contributed by atoms with Gasteiger partial charge in [0.05, 0.1) is 15.7 Å². The zero-order valence-corrected chi connectivity index (χ0v) is 12.1. The highest BCUT2D eigenvalue weighted by atomic mass is 79.9. The number of benzene rings is 1. The first-order valence-electron chi connectivity index (χ1n) is 5.93. The number of hydrogen-bond donors (Lipinski definition) is 0. The van der Waals surface area contributed by atoms with Crippen LogP contribution >= 0.6 is 15.9 Å². The third kappa shape index (κ3) is 2.71. The highest BCUT2D eigenvalue weighted by molar-refractivity contribution is 9.10. The first kappa shape index (κ1) is 13.8. The molecule has 0 aromatic heterocycles. The second-order valence-corrected chi connectivity index (χ2v) is 5.16. The van der Waals surface area contributed by atoms with Gasteiger partial charge in [-0.3, -0.25) is 4.79 Å². The molecule has 0 aliphatic carbocycles. The molecule has 1 aromatic rings. The van der Waals surface area contributed by atoms with Crippen molar-refractivity contribution in [2.24, 2.45) is 0 Å². The summed E-state index contributed by atoms with van der Waals surface area (Å²) in [5, 5.41) is 8.84. The predicted octanol–water partition coefficient (Wildman–Crippen LogP) is 2.13. The topological polar surface area (TPSA) is 47.3 Å². The van der Waals surface area contributed by atoms with Gasteiger partial charge in [-0.05, 0) is 28.1 Å². The molecule has 0 radical (unpaired) electrons. The van der Waals surface area contributed by atoms with Crippen molar-refractivity contribution in [3.63, 3.8) is 0 Å². The average molecular weight is 326 g/mol. The predicted molar refractivity (Wildman–Crippen MR) is 73.3 cm³/mol. The second-order valence-electron chi connectivity index (χ2n) is 4.37. The summed E-state index contributed by atoms with van der Waals surface area (Å²) in [6.07, 6.45) is 0. The van der Waals surface area contributed by atoms with E-state index >= 15 is 0 Å². The molecule has 1 saturated heterocycles. The molecule has 1 aromatic carbocycles. The summed E-state index contributed by atoms with van der Waals surface area (Å²) in [6.45, 7) is 3.90. The number of nitriles is 1. The van der Waals surface area contributed by atoms with E-state index in [9.17, 15) is 9.18 Å². The minimum Gasteiger partial charge on any atom is -0.366 e. The van der Waals surface area contributed by atoms with Gasteiger partial charge in [-0.2, -0.15) is 5.26 Å². The van der Waals surface area contributed by atoms with E-state index in [0.717, 1.165) is 0 Å². The summed E-state index contributed by atoms with van der Waals surface area (Å²) in [7, 11) is 0. The maximum absolute atomic E-state index is 14.2. The van der Waals surface area contributed by atoms with Crippen molar-refractivity contribution in [2.75, 3.05) is 31.1 Å². The van der Waals surface area contributed by atoms with Crippen molar-refractivity contribution >= 4 is 27.5 Å². The van der Waals surface area contributed by atoms with Crippen molar-refractivity contribution in [3.05, 3.63) is 28.0 Å². The van der Waals surface area contributed by atoms with Gasteiger partial charge in [0.2, 0.25) is 5.91 Å². The lowest BCUT2D eigenvalue weighted by atomic mass is 10.2. The van der Waals surface area contributed by atoms with Crippen LogP contribution in [-0.4, -0.2) is 37.0 Å². The molecule has 0 spiro atoms. The third-order valence-corrected chi connectivity index (χ3v) is 4.02. The largest absolute Gasteiger partial charge is 0.366 e. The molecule has 0 bridgehead atoms. The van der Waals surface area contributed by atoms with Crippen LogP contribution in [0.5, 0.6) is 0 Å². The fourth-order valence-electron chi connectivity index (χ4n) is 2.13. The monoisotopic (exact) mass is 325 g/mol. The zero-order valence-electron chi connectivity index (χ0n) is 10.5. The molecule has 2 rings (SSSR count). The Morgan fingerprint density at radius 1 is 1.37 bits per heavy atom. The maximum Gasteiger partial charge on any atom is 0.219 e. The van der Waals surface area contributed by atoms with Gasteiger partial charge in [-0.25, -0.2) is 4.39 Å². The van der Waals surface area contributed by atoms with E-state index in [0.29, 0.717) is 31.9 Å². The Bertz CT molecular complexity index is 548. The van der Waals surface area contributed by atoms with E-state index < -0.39 is 5.82 Å². The summed E-state index contributed by atoms with van der Waals surface area (Å²) in [4.78, 5) is 14.9. The average Bonchev–Trinajstić information content (AvgIpc) is 2.42. The van der Waals surface area contributed by atoms with Crippen LogP contribution in [0.25, 0.3) is 0 Å². The van der Waals surface area contributed by atoms with E-state index in [-0.39, 0.29) is 15.9 Å². The smallest absolute Gasteiger partial charge is 0.219 e. The lowest BCUT2D eigenvalue weighted by Gasteiger charge is -2.35. The Labute approximate surface area is 119 Å². The quantitative estimate of drug-likeness (QED) is 0.794. The van der Waals surface area contributed by atoms with E-state index in [1.807, 2.05) is 11.0 Å². The Morgan fingerprint density at radius 3 is 2.53 bits per heavy atom.